The van der Waals surface area contributed by atoms with Gasteiger partial charge in [-0.05, 0) is 66.3 Å². The zero-order valence-corrected chi connectivity index (χ0v) is 20.2. The highest BCUT2D eigenvalue weighted by molar-refractivity contribution is 6.08. The number of hydrogen-bond acceptors (Lipinski definition) is 0. The highest BCUT2D eigenvalue weighted by Crippen LogP contribution is 2.33. The van der Waals surface area contributed by atoms with Crippen molar-refractivity contribution in [2.75, 3.05) is 0 Å². The van der Waals surface area contributed by atoms with Gasteiger partial charge in [-0.2, -0.15) is 0 Å². The third kappa shape index (κ3) is 4.02. The summed E-state index contributed by atoms with van der Waals surface area (Å²) in [7, 11) is 0. The molecule has 0 spiro atoms. The fourth-order valence-corrected chi connectivity index (χ4v) is 5.11. The summed E-state index contributed by atoms with van der Waals surface area (Å²) in [6.07, 6.45) is 9.31. The molecule has 0 atom stereocenters. The van der Waals surface area contributed by atoms with Gasteiger partial charge in [0.25, 0.3) is 0 Å². The summed E-state index contributed by atoms with van der Waals surface area (Å²) in [5, 5.41) is 10.3. The van der Waals surface area contributed by atoms with Crippen LogP contribution in [-0.2, 0) is 0 Å². The maximum Gasteiger partial charge on any atom is 0.00111 e. The average molecular weight is 449 g/mol. The van der Waals surface area contributed by atoms with Crippen LogP contribution in [0, 0.1) is 5.41 Å². The zero-order chi connectivity index (χ0) is 23.8. The van der Waals surface area contributed by atoms with E-state index in [1.165, 1.54) is 54.2 Å². The van der Waals surface area contributed by atoms with E-state index in [1.54, 1.807) is 0 Å². The normalized spacial score (nSPS) is 12.6. The van der Waals surface area contributed by atoms with E-state index in [0.29, 0.717) is 0 Å². The van der Waals surface area contributed by atoms with E-state index in [2.05, 4.69) is 147 Å². The molecule has 0 radical (unpaired) electrons. The minimum atomic E-state index is -0.115. The molecule has 0 nitrogen and oxygen atoms in total. The van der Waals surface area contributed by atoms with Crippen LogP contribution in [0.1, 0.15) is 25.0 Å². The first-order chi connectivity index (χ1) is 17.1. The van der Waals surface area contributed by atoms with Crippen LogP contribution in [0.25, 0.3) is 55.2 Å². The minimum Gasteiger partial charge on any atom is -0.0744 e. The van der Waals surface area contributed by atoms with E-state index in [1.807, 2.05) is 0 Å². The number of rotatable bonds is 4. The first kappa shape index (κ1) is 21.4. The molecule has 6 aromatic rings. The lowest BCUT2D eigenvalue weighted by atomic mass is 9.88. The van der Waals surface area contributed by atoms with Crippen molar-refractivity contribution in [3.05, 3.63) is 132 Å². The third-order valence-electron chi connectivity index (χ3n) is 6.98. The molecule has 6 rings (SSSR count). The Balaban J connectivity index is 1.45. The zero-order valence-electron chi connectivity index (χ0n) is 20.2. The Labute approximate surface area is 206 Å². The number of fused-ring (bicyclic) bond motifs is 4. The van der Waals surface area contributed by atoms with Crippen LogP contribution in [0.5, 0.6) is 0 Å². The Bertz CT molecular complexity index is 1520. The Morgan fingerprint density at radius 1 is 0.429 bits per heavy atom. The Morgan fingerprint density at radius 3 is 1.03 bits per heavy atom. The van der Waals surface area contributed by atoms with Crippen molar-refractivity contribution in [2.45, 2.75) is 13.8 Å². The standard InChI is InChI=1S/C35H28/c1-35(2,21-19-33-29-15-7-3-11-25(29)23-26-12-4-8-16-30(26)33)22-20-34-31-17-9-5-13-27(31)24-28-14-6-10-18-32(28)34/h3-24H,1-2H3/b21-19+,22-20+. The summed E-state index contributed by atoms with van der Waals surface area (Å²) in [6, 6.07) is 39.3. The maximum atomic E-state index is 2.34. The number of hydrogen-bond donors (Lipinski definition) is 0. The number of benzene rings is 6. The van der Waals surface area contributed by atoms with Gasteiger partial charge in [0.2, 0.25) is 0 Å². The van der Waals surface area contributed by atoms with Crippen molar-refractivity contribution in [3.8, 4) is 0 Å². The van der Waals surface area contributed by atoms with E-state index >= 15 is 0 Å². The van der Waals surface area contributed by atoms with Gasteiger partial charge >= 0.3 is 0 Å². The molecule has 168 valence electrons. The van der Waals surface area contributed by atoms with E-state index in [9.17, 15) is 0 Å². The van der Waals surface area contributed by atoms with E-state index in [-0.39, 0.29) is 5.41 Å². The van der Waals surface area contributed by atoms with Gasteiger partial charge in [0.05, 0.1) is 0 Å². The molecule has 0 saturated heterocycles. The van der Waals surface area contributed by atoms with Crippen molar-refractivity contribution in [1.82, 2.24) is 0 Å². The summed E-state index contributed by atoms with van der Waals surface area (Å²) in [5.41, 5.74) is 2.46. The molecule has 0 fully saturated rings. The predicted octanol–water partition coefficient (Wildman–Crippen LogP) is 10.1. The van der Waals surface area contributed by atoms with Crippen molar-refractivity contribution in [2.24, 2.45) is 5.41 Å². The largest absolute Gasteiger partial charge is 0.0744 e. The summed E-state index contributed by atoms with van der Waals surface area (Å²) in [6.45, 7) is 4.56. The molecule has 0 amide bonds. The van der Waals surface area contributed by atoms with Gasteiger partial charge in [-0.15, -0.1) is 0 Å². The minimum absolute atomic E-state index is 0.115. The molecule has 0 heteroatoms. The Morgan fingerprint density at radius 2 is 0.714 bits per heavy atom. The van der Waals surface area contributed by atoms with Crippen LogP contribution in [0.4, 0.5) is 0 Å². The second-order valence-corrected chi connectivity index (χ2v) is 9.95. The molecular formula is C35H28. The number of allylic oxidation sites excluding steroid dienone is 2. The van der Waals surface area contributed by atoms with E-state index in [0.717, 1.165) is 0 Å². The lowest BCUT2D eigenvalue weighted by Crippen LogP contribution is -2.02. The molecule has 0 aliphatic rings. The molecule has 0 heterocycles. The molecule has 0 unspecified atom stereocenters. The average Bonchev–Trinajstić information content (AvgIpc) is 2.89. The SMILES string of the molecule is CC(C)(/C=C/c1c2ccccc2cc2ccccc12)/C=C/c1c2ccccc2cc2ccccc12. The highest BCUT2D eigenvalue weighted by Gasteiger charge is 2.12. The Hall–Kier alpha value is -4.16. The van der Waals surface area contributed by atoms with Gasteiger partial charge in [-0.1, -0.05) is 135 Å². The molecule has 0 N–H and O–H groups in total. The molecule has 0 aliphatic heterocycles. The molecule has 6 aromatic carbocycles. The lowest BCUT2D eigenvalue weighted by Gasteiger charge is -2.17. The van der Waals surface area contributed by atoms with Crippen LogP contribution in [0.15, 0.2) is 121 Å². The van der Waals surface area contributed by atoms with Gasteiger partial charge < -0.3 is 0 Å². The molecule has 0 saturated carbocycles. The molecular weight excluding hydrogens is 420 g/mol. The molecule has 0 bridgehead atoms. The highest BCUT2D eigenvalue weighted by atomic mass is 14.2. The van der Waals surface area contributed by atoms with Crippen LogP contribution < -0.4 is 0 Å². The quantitative estimate of drug-likeness (QED) is 0.235. The summed E-state index contributed by atoms with van der Waals surface area (Å²) >= 11 is 0. The molecule has 0 aromatic heterocycles. The summed E-state index contributed by atoms with van der Waals surface area (Å²) < 4.78 is 0. The summed E-state index contributed by atoms with van der Waals surface area (Å²) in [5.74, 6) is 0. The fraction of sp³-hybridized carbons (Fsp3) is 0.0857. The van der Waals surface area contributed by atoms with Crippen LogP contribution in [0.3, 0.4) is 0 Å². The van der Waals surface area contributed by atoms with Gasteiger partial charge in [-0.25, -0.2) is 0 Å². The van der Waals surface area contributed by atoms with Crippen molar-refractivity contribution in [3.63, 3.8) is 0 Å². The van der Waals surface area contributed by atoms with Gasteiger partial charge in [0, 0.05) is 5.41 Å². The second-order valence-electron chi connectivity index (χ2n) is 9.95. The van der Waals surface area contributed by atoms with Gasteiger partial charge in [-0.3, -0.25) is 0 Å². The smallest absolute Gasteiger partial charge is 0.00111 e. The monoisotopic (exact) mass is 448 g/mol. The maximum absolute atomic E-state index is 2.34. The van der Waals surface area contributed by atoms with Crippen molar-refractivity contribution >= 4 is 55.2 Å². The van der Waals surface area contributed by atoms with Gasteiger partial charge in [0.15, 0.2) is 0 Å². The topological polar surface area (TPSA) is 0 Å². The van der Waals surface area contributed by atoms with E-state index in [4.69, 9.17) is 0 Å². The van der Waals surface area contributed by atoms with Crippen molar-refractivity contribution in [1.29, 1.82) is 0 Å². The van der Waals surface area contributed by atoms with Crippen LogP contribution in [0.2, 0.25) is 0 Å². The Kier molecular flexibility index (Phi) is 5.23. The van der Waals surface area contributed by atoms with Gasteiger partial charge in [0.1, 0.15) is 0 Å². The van der Waals surface area contributed by atoms with Crippen molar-refractivity contribution < 1.29 is 0 Å². The van der Waals surface area contributed by atoms with Crippen LogP contribution in [-0.4, -0.2) is 0 Å². The summed E-state index contributed by atoms with van der Waals surface area (Å²) in [4.78, 5) is 0. The predicted molar refractivity (Wildman–Crippen MR) is 155 cm³/mol. The third-order valence-corrected chi connectivity index (χ3v) is 6.98. The first-order valence-corrected chi connectivity index (χ1v) is 12.3. The van der Waals surface area contributed by atoms with Crippen LogP contribution >= 0.6 is 0 Å². The fourth-order valence-electron chi connectivity index (χ4n) is 5.11. The second kappa shape index (κ2) is 8.56. The molecule has 0 aliphatic carbocycles. The lowest BCUT2D eigenvalue weighted by molar-refractivity contribution is 0.633. The molecule has 35 heavy (non-hydrogen) atoms. The first-order valence-electron chi connectivity index (χ1n) is 12.3. The van der Waals surface area contributed by atoms with E-state index < -0.39 is 0 Å².